The summed E-state index contributed by atoms with van der Waals surface area (Å²) in [6.45, 7) is 5.69. The van der Waals surface area contributed by atoms with Crippen LogP contribution < -0.4 is 0 Å². The lowest BCUT2D eigenvalue weighted by molar-refractivity contribution is -0.143. The van der Waals surface area contributed by atoms with Crippen LogP contribution in [-0.4, -0.2) is 34.0 Å². The maximum absolute atomic E-state index is 11.4. The van der Waals surface area contributed by atoms with E-state index in [0.29, 0.717) is 6.54 Å². The van der Waals surface area contributed by atoms with Gasteiger partial charge in [0.2, 0.25) is 0 Å². The lowest BCUT2D eigenvalue weighted by Gasteiger charge is -2.36. The third kappa shape index (κ3) is 3.46. The van der Waals surface area contributed by atoms with Crippen LogP contribution in [0.25, 0.3) is 0 Å². The van der Waals surface area contributed by atoms with Gasteiger partial charge in [-0.1, -0.05) is 6.07 Å². The molecule has 0 bridgehead atoms. The fourth-order valence-corrected chi connectivity index (χ4v) is 4.33. The van der Waals surface area contributed by atoms with E-state index in [1.165, 1.54) is 9.75 Å². The molecule has 122 valence electrons. The summed E-state index contributed by atoms with van der Waals surface area (Å²) in [5.74, 6) is -0.968. The number of carbonyl (C=O) groups is 1. The minimum Gasteiger partial charge on any atom is -0.481 e. The Morgan fingerprint density at radius 1 is 1.39 bits per heavy atom. The molecule has 4 nitrogen and oxygen atoms in total. The smallest absolute Gasteiger partial charge is 0.307 e. The maximum Gasteiger partial charge on any atom is 0.307 e. The molecule has 1 N–H and O–H groups in total. The highest BCUT2D eigenvalue weighted by Crippen LogP contribution is 2.36. The molecule has 3 heterocycles. The molecule has 0 aromatic carbocycles. The summed E-state index contributed by atoms with van der Waals surface area (Å²) in [6, 6.07) is 8.37. The lowest BCUT2D eigenvalue weighted by Crippen LogP contribution is -2.41. The van der Waals surface area contributed by atoms with Gasteiger partial charge < -0.3 is 5.11 Å². The Morgan fingerprint density at radius 3 is 2.87 bits per heavy atom. The number of likely N-dealkylation sites (tertiary alicyclic amines) is 1. The van der Waals surface area contributed by atoms with Gasteiger partial charge in [0.25, 0.3) is 0 Å². The minimum absolute atomic E-state index is 0.0528. The van der Waals surface area contributed by atoms with Gasteiger partial charge in [-0.05, 0) is 57.0 Å². The summed E-state index contributed by atoms with van der Waals surface area (Å²) in [7, 11) is 0. The van der Waals surface area contributed by atoms with Crippen LogP contribution in [0.15, 0.2) is 30.5 Å². The second-order valence-corrected chi connectivity index (χ2v) is 7.55. The molecule has 2 unspecified atom stereocenters. The van der Waals surface area contributed by atoms with E-state index in [9.17, 15) is 9.90 Å². The Hall–Kier alpha value is -1.72. The summed E-state index contributed by atoms with van der Waals surface area (Å²) in [6.07, 6.45) is 3.52. The van der Waals surface area contributed by atoms with Crippen LogP contribution in [0.1, 0.15) is 39.9 Å². The van der Waals surface area contributed by atoms with Crippen LogP contribution in [0, 0.1) is 19.8 Å². The van der Waals surface area contributed by atoms with Crippen LogP contribution in [0.4, 0.5) is 0 Å². The number of aryl methyl sites for hydroxylation is 2. The molecular formula is C18H22N2O2S. The molecule has 0 spiro atoms. The number of thiophene rings is 1. The highest BCUT2D eigenvalue weighted by molar-refractivity contribution is 7.12. The van der Waals surface area contributed by atoms with Crippen molar-refractivity contribution in [2.75, 3.05) is 13.1 Å². The average molecular weight is 330 g/mol. The van der Waals surface area contributed by atoms with E-state index in [4.69, 9.17) is 0 Å². The van der Waals surface area contributed by atoms with Gasteiger partial charge >= 0.3 is 5.97 Å². The zero-order valence-electron chi connectivity index (χ0n) is 13.5. The van der Waals surface area contributed by atoms with Crippen LogP contribution >= 0.6 is 11.3 Å². The molecule has 2 aromatic heterocycles. The van der Waals surface area contributed by atoms with Crippen molar-refractivity contribution in [3.8, 4) is 0 Å². The van der Waals surface area contributed by atoms with E-state index in [1.54, 1.807) is 11.3 Å². The molecule has 1 saturated heterocycles. The predicted octanol–water partition coefficient (Wildman–Crippen LogP) is 3.65. The molecule has 1 fully saturated rings. The molecule has 2 atom stereocenters. The number of pyridine rings is 1. The van der Waals surface area contributed by atoms with Crippen LogP contribution in [0.5, 0.6) is 0 Å². The number of rotatable bonds is 4. The van der Waals surface area contributed by atoms with Gasteiger partial charge in [-0.3, -0.25) is 14.7 Å². The largest absolute Gasteiger partial charge is 0.481 e. The Balaban J connectivity index is 1.98. The van der Waals surface area contributed by atoms with E-state index >= 15 is 0 Å². The first-order chi connectivity index (χ1) is 11.1. The quantitative estimate of drug-likeness (QED) is 0.930. The maximum atomic E-state index is 11.4. The van der Waals surface area contributed by atoms with E-state index in [2.05, 4.69) is 41.9 Å². The summed E-state index contributed by atoms with van der Waals surface area (Å²) in [5, 5.41) is 9.40. The van der Waals surface area contributed by atoms with Crippen LogP contribution in [-0.2, 0) is 4.79 Å². The first-order valence-corrected chi connectivity index (χ1v) is 8.82. The standard InChI is InChI=1S/C18H22N2O2S/c1-12-5-3-9-19-16(12)17(15-8-7-13(2)23-15)20-10-4-6-14(11-20)18(21)22/h3,5,7-9,14,17H,4,6,10-11H2,1-2H3,(H,21,22). The lowest BCUT2D eigenvalue weighted by atomic mass is 9.94. The SMILES string of the molecule is Cc1ccc(C(c2ncccc2C)N2CCCC(C(=O)O)C2)s1. The second-order valence-electron chi connectivity index (χ2n) is 6.23. The monoisotopic (exact) mass is 330 g/mol. The molecule has 5 heteroatoms. The fourth-order valence-electron chi connectivity index (χ4n) is 3.31. The van der Waals surface area contributed by atoms with Gasteiger partial charge in [0, 0.05) is 22.5 Å². The highest BCUT2D eigenvalue weighted by Gasteiger charge is 2.33. The highest BCUT2D eigenvalue weighted by atomic mass is 32.1. The number of piperidine rings is 1. The average Bonchev–Trinajstić information content (AvgIpc) is 2.96. The molecule has 2 aromatic rings. The number of hydrogen-bond donors (Lipinski definition) is 1. The number of hydrogen-bond acceptors (Lipinski definition) is 4. The van der Waals surface area contributed by atoms with Crippen molar-refractivity contribution < 1.29 is 9.90 Å². The number of carboxylic acids is 1. The Morgan fingerprint density at radius 2 is 2.22 bits per heavy atom. The summed E-state index contributed by atoms with van der Waals surface area (Å²) in [5.41, 5.74) is 2.20. The van der Waals surface area contributed by atoms with Gasteiger partial charge in [-0.2, -0.15) is 0 Å². The number of carboxylic acid groups (broad SMARTS) is 1. The minimum atomic E-state index is -0.687. The predicted molar refractivity (Wildman–Crippen MR) is 91.8 cm³/mol. The van der Waals surface area contributed by atoms with E-state index in [1.807, 2.05) is 12.3 Å². The van der Waals surface area contributed by atoms with Gasteiger partial charge in [-0.15, -0.1) is 11.3 Å². The normalized spacial score (nSPS) is 20.3. The van der Waals surface area contributed by atoms with Crippen molar-refractivity contribution in [1.82, 2.24) is 9.88 Å². The number of aromatic nitrogens is 1. The molecule has 0 amide bonds. The Kier molecular flexibility index (Phi) is 4.78. The van der Waals surface area contributed by atoms with Crippen molar-refractivity contribution in [2.45, 2.75) is 32.7 Å². The molecule has 0 saturated carbocycles. The van der Waals surface area contributed by atoms with Crippen molar-refractivity contribution in [2.24, 2.45) is 5.92 Å². The molecule has 3 rings (SSSR count). The van der Waals surface area contributed by atoms with Crippen molar-refractivity contribution in [1.29, 1.82) is 0 Å². The van der Waals surface area contributed by atoms with Gasteiger partial charge in [-0.25, -0.2) is 0 Å². The van der Waals surface area contributed by atoms with Crippen molar-refractivity contribution in [3.63, 3.8) is 0 Å². The Labute approximate surface area is 140 Å². The van der Waals surface area contributed by atoms with Crippen LogP contribution in [0.3, 0.4) is 0 Å². The van der Waals surface area contributed by atoms with E-state index < -0.39 is 5.97 Å². The fraction of sp³-hybridized carbons (Fsp3) is 0.444. The van der Waals surface area contributed by atoms with Crippen LogP contribution in [0.2, 0.25) is 0 Å². The molecule has 23 heavy (non-hydrogen) atoms. The van der Waals surface area contributed by atoms with Crippen molar-refractivity contribution >= 4 is 17.3 Å². The zero-order valence-corrected chi connectivity index (χ0v) is 14.3. The molecule has 1 aliphatic heterocycles. The molecule has 0 aliphatic carbocycles. The molecule has 1 aliphatic rings. The number of aliphatic carboxylic acids is 1. The first-order valence-electron chi connectivity index (χ1n) is 8.01. The van der Waals surface area contributed by atoms with Crippen molar-refractivity contribution in [3.05, 3.63) is 51.5 Å². The summed E-state index contributed by atoms with van der Waals surface area (Å²) >= 11 is 1.77. The van der Waals surface area contributed by atoms with E-state index in [0.717, 1.165) is 30.6 Å². The van der Waals surface area contributed by atoms with E-state index in [-0.39, 0.29) is 12.0 Å². The Bertz CT molecular complexity index is 698. The third-order valence-corrected chi connectivity index (χ3v) is 5.56. The van der Waals surface area contributed by atoms with Gasteiger partial charge in [0.1, 0.15) is 0 Å². The summed E-state index contributed by atoms with van der Waals surface area (Å²) < 4.78 is 0. The topological polar surface area (TPSA) is 53.4 Å². The first kappa shape index (κ1) is 16.1. The van der Waals surface area contributed by atoms with Gasteiger partial charge in [0.05, 0.1) is 17.7 Å². The summed E-state index contributed by atoms with van der Waals surface area (Å²) in [4.78, 5) is 20.9. The number of nitrogens with zero attached hydrogens (tertiary/aromatic N) is 2. The second kappa shape index (κ2) is 6.81. The zero-order chi connectivity index (χ0) is 16.4. The molecular weight excluding hydrogens is 308 g/mol. The molecule has 0 radical (unpaired) electrons. The third-order valence-electron chi connectivity index (χ3n) is 4.51. The van der Waals surface area contributed by atoms with Gasteiger partial charge in [0.15, 0.2) is 0 Å².